The summed E-state index contributed by atoms with van der Waals surface area (Å²) in [6, 6.07) is 1.73. The van der Waals surface area contributed by atoms with Gasteiger partial charge in [0, 0.05) is 12.5 Å². The fraction of sp³-hybridized carbons (Fsp3) is 0.600. The summed E-state index contributed by atoms with van der Waals surface area (Å²) in [5, 5.41) is 0. The van der Waals surface area contributed by atoms with Crippen LogP contribution in [-0.2, 0) is 29.1 Å². The largest absolute Gasteiger partial charge is 0.462 e. The van der Waals surface area contributed by atoms with E-state index in [2.05, 4.69) is 0 Å². The summed E-state index contributed by atoms with van der Waals surface area (Å²) in [7, 11) is -8.07. The zero-order valence-electron chi connectivity index (χ0n) is 18.7. The average Bonchev–Trinajstić information content (AvgIpc) is 2.53. The summed E-state index contributed by atoms with van der Waals surface area (Å²) in [6.07, 6.45) is 1.64. The number of rotatable bonds is 6. The molecular weight excluding hydrogens is 432 g/mol. The highest BCUT2D eigenvalue weighted by Crippen LogP contribution is 2.28. The molecule has 0 aliphatic rings. The van der Waals surface area contributed by atoms with E-state index in [0.717, 1.165) is 24.6 Å². The molecule has 170 valence electrons. The third-order valence-corrected chi connectivity index (χ3v) is 6.00. The second-order valence-corrected chi connectivity index (χ2v) is 13.6. The van der Waals surface area contributed by atoms with Gasteiger partial charge in [0.25, 0.3) is 0 Å². The van der Waals surface area contributed by atoms with Crippen molar-refractivity contribution in [2.24, 2.45) is 10.8 Å². The van der Waals surface area contributed by atoms with Gasteiger partial charge in [-0.25, -0.2) is 26.4 Å². The van der Waals surface area contributed by atoms with Gasteiger partial charge in [-0.2, -0.15) is 0 Å². The normalized spacial score (nSPS) is 13.1. The van der Waals surface area contributed by atoms with Crippen LogP contribution in [0.15, 0.2) is 21.9 Å². The molecular formula is C20H30O8S2. The average molecular weight is 463 g/mol. The van der Waals surface area contributed by atoms with Crippen molar-refractivity contribution in [1.29, 1.82) is 0 Å². The molecule has 0 atom stereocenters. The molecule has 0 saturated carbocycles. The van der Waals surface area contributed by atoms with E-state index in [9.17, 15) is 26.4 Å². The molecule has 0 heterocycles. The second-order valence-electron chi connectivity index (χ2n) is 9.66. The number of hydrogen-bond acceptors (Lipinski definition) is 8. The van der Waals surface area contributed by atoms with Crippen LogP contribution < -0.4 is 0 Å². The van der Waals surface area contributed by atoms with E-state index in [1.54, 1.807) is 0 Å². The van der Waals surface area contributed by atoms with Crippen LogP contribution >= 0.6 is 0 Å². The standard InChI is InChI=1S/C20H30O8S2/c1-19(2,3)11-27-17(21)13-9-15(29(7,23)24)16(30(8,25)26)10-14(13)18(22)28-12-20(4,5)6/h9-10H,11-12H2,1-8H3. The van der Waals surface area contributed by atoms with E-state index in [1.807, 2.05) is 41.5 Å². The topological polar surface area (TPSA) is 121 Å². The SMILES string of the molecule is CC(C)(C)COC(=O)c1cc(S(C)(=O)=O)c(S(C)(=O)=O)cc1C(=O)OCC(C)(C)C. The lowest BCUT2D eigenvalue weighted by Crippen LogP contribution is -2.23. The van der Waals surface area contributed by atoms with Gasteiger partial charge in [-0.05, 0) is 23.0 Å². The molecule has 0 spiro atoms. The quantitative estimate of drug-likeness (QED) is 0.592. The Kier molecular flexibility index (Phi) is 7.53. The zero-order valence-corrected chi connectivity index (χ0v) is 20.3. The van der Waals surface area contributed by atoms with Crippen molar-refractivity contribution in [3.63, 3.8) is 0 Å². The van der Waals surface area contributed by atoms with Crippen molar-refractivity contribution >= 4 is 31.6 Å². The van der Waals surface area contributed by atoms with Gasteiger partial charge in [0.05, 0.1) is 34.1 Å². The van der Waals surface area contributed by atoms with Gasteiger partial charge in [0.15, 0.2) is 19.7 Å². The molecule has 0 unspecified atom stereocenters. The van der Waals surface area contributed by atoms with Crippen molar-refractivity contribution in [3.05, 3.63) is 23.3 Å². The van der Waals surface area contributed by atoms with Crippen LogP contribution in [0.4, 0.5) is 0 Å². The molecule has 0 bridgehead atoms. The molecule has 10 heteroatoms. The van der Waals surface area contributed by atoms with Crippen LogP contribution in [0.25, 0.3) is 0 Å². The lowest BCUT2D eigenvalue weighted by atomic mass is 9.98. The lowest BCUT2D eigenvalue weighted by molar-refractivity contribution is 0.0322. The van der Waals surface area contributed by atoms with Crippen LogP contribution in [-0.4, -0.2) is 54.5 Å². The van der Waals surface area contributed by atoms with Gasteiger partial charge in [-0.3, -0.25) is 0 Å². The second kappa shape index (κ2) is 8.66. The summed E-state index contributed by atoms with van der Waals surface area (Å²) < 4.78 is 59.3. The molecule has 0 amide bonds. The minimum absolute atomic E-state index is 0.00431. The maximum absolute atomic E-state index is 12.7. The van der Waals surface area contributed by atoms with Crippen molar-refractivity contribution in [2.45, 2.75) is 51.3 Å². The smallest absolute Gasteiger partial charge is 0.339 e. The Morgan fingerprint density at radius 2 is 0.967 bits per heavy atom. The monoisotopic (exact) mass is 462 g/mol. The number of carbonyl (C=O) groups is 2. The number of esters is 2. The number of ether oxygens (including phenoxy) is 2. The first-order valence-electron chi connectivity index (χ1n) is 9.15. The van der Waals surface area contributed by atoms with Crippen molar-refractivity contribution in [2.75, 3.05) is 25.7 Å². The summed E-state index contributed by atoms with van der Waals surface area (Å²) >= 11 is 0. The molecule has 0 N–H and O–H groups in total. The first kappa shape index (κ1) is 26.1. The predicted molar refractivity (Wildman–Crippen MR) is 112 cm³/mol. The minimum Gasteiger partial charge on any atom is -0.462 e. The highest BCUT2D eigenvalue weighted by molar-refractivity contribution is 7.93. The Bertz CT molecular complexity index is 953. The maximum Gasteiger partial charge on any atom is 0.339 e. The molecule has 1 aromatic rings. The number of benzene rings is 1. The van der Waals surface area contributed by atoms with Crippen LogP contribution in [0.1, 0.15) is 62.3 Å². The van der Waals surface area contributed by atoms with Crippen molar-refractivity contribution in [1.82, 2.24) is 0 Å². The lowest BCUT2D eigenvalue weighted by Gasteiger charge is -2.20. The summed E-state index contributed by atoms with van der Waals surface area (Å²) in [4.78, 5) is 24.2. The van der Waals surface area contributed by atoms with Gasteiger partial charge in [-0.1, -0.05) is 41.5 Å². The molecule has 0 saturated heterocycles. The fourth-order valence-corrected chi connectivity index (χ4v) is 4.62. The zero-order chi connectivity index (χ0) is 23.7. The van der Waals surface area contributed by atoms with Gasteiger partial charge in [-0.15, -0.1) is 0 Å². The van der Waals surface area contributed by atoms with Crippen LogP contribution in [0, 0.1) is 10.8 Å². The minimum atomic E-state index is -4.03. The van der Waals surface area contributed by atoms with E-state index in [-0.39, 0.29) is 35.2 Å². The Labute approximate surface area is 178 Å². The van der Waals surface area contributed by atoms with E-state index >= 15 is 0 Å². The number of sulfone groups is 2. The Morgan fingerprint density at radius 1 is 0.700 bits per heavy atom. The fourth-order valence-electron chi connectivity index (χ4n) is 2.20. The Hall–Kier alpha value is -1.94. The molecule has 1 rings (SSSR count). The highest BCUT2D eigenvalue weighted by Gasteiger charge is 2.30. The third-order valence-electron chi connectivity index (χ3n) is 3.60. The number of carbonyl (C=O) groups excluding carboxylic acids is 2. The van der Waals surface area contributed by atoms with E-state index < -0.39 is 41.4 Å². The van der Waals surface area contributed by atoms with Crippen LogP contribution in [0.2, 0.25) is 0 Å². The van der Waals surface area contributed by atoms with Gasteiger partial charge >= 0.3 is 11.9 Å². The summed E-state index contributed by atoms with van der Waals surface area (Å²) in [5.74, 6) is -1.89. The molecule has 30 heavy (non-hydrogen) atoms. The summed E-state index contributed by atoms with van der Waals surface area (Å²) in [5.41, 5.74) is -1.50. The van der Waals surface area contributed by atoms with Gasteiger partial charge < -0.3 is 9.47 Å². The predicted octanol–water partition coefficient (Wildman–Crippen LogP) is 2.90. The summed E-state index contributed by atoms with van der Waals surface area (Å²) in [6.45, 7) is 11.0. The molecule has 0 aliphatic heterocycles. The van der Waals surface area contributed by atoms with Crippen molar-refractivity contribution < 1.29 is 35.9 Å². The Balaban J connectivity index is 3.69. The van der Waals surface area contributed by atoms with E-state index in [4.69, 9.17) is 9.47 Å². The molecule has 1 aromatic carbocycles. The maximum atomic E-state index is 12.7. The molecule has 0 radical (unpaired) electrons. The molecule has 0 aromatic heterocycles. The van der Waals surface area contributed by atoms with Crippen molar-refractivity contribution in [3.8, 4) is 0 Å². The third kappa shape index (κ3) is 7.71. The first-order chi connectivity index (χ1) is 13.2. The first-order valence-corrected chi connectivity index (χ1v) is 12.9. The van der Waals surface area contributed by atoms with Gasteiger partial charge in [0.1, 0.15) is 0 Å². The molecule has 8 nitrogen and oxygen atoms in total. The molecule has 0 aliphatic carbocycles. The van der Waals surface area contributed by atoms with Gasteiger partial charge in [0.2, 0.25) is 0 Å². The Morgan fingerprint density at radius 3 is 1.17 bits per heavy atom. The number of hydrogen-bond donors (Lipinski definition) is 0. The van der Waals surface area contributed by atoms with E-state index in [0.29, 0.717) is 0 Å². The van der Waals surface area contributed by atoms with Crippen LogP contribution in [0.5, 0.6) is 0 Å². The van der Waals surface area contributed by atoms with Crippen LogP contribution in [0.3, 0.4) is 0 Å². The molecule has 0 fully saturated rings. The van der Waals surface area contributed by atoms with E-state index in [1.165, 1.54) is 0 Å². The highest BCUT2D eigenvalue weighted by atomic mass is 32.2.